The van der Waals surface area contributed by atoms with Crippen molar-refractivity contribution in [1.29, 1.82) is 0 Å². The lowest BCUT2D eigenvalue weighted by molar-refractivity contribution is 0.349. The van der Waals surface area contributed by atoms with Gasteiger partial charge in [-0.1, -0.05) is 67.2 Å². The second-order valence-corrected chi connectivity index (χ2v) is 6.11. The maximum absolute atomic E-state index is 5.79. The van der Waals surface area contributed by atoms with Gasteiger partial charge in [-0.3, -0.25) is 4.99 Å². The van der Waals surface area contributed by atoms with Gasteiger partial charge in [0.15, 0.2) is 0 Å². The minimum atomic E-state index is 0.423. The van der Waals surface area contributed by atoms with Gasteiger partial charge in [0.05, 0.1) is 19.4 Å². The molecule has 0 bridgehead atoms. The first-order chi connectivity index (χ1) is 13.3. The Morgan fingerprint density at radius 3 is 1.81 bits per heavy atom. The maximum Gasteiger partial charge on any atom is 0.120 e. The average Bonchev–Trinajstić information content (AvgIpc) is 2.74. The summed E-state index contributed by atoms with van der Waals surface area (Å²) in [7, 11) is 1.65. The van der Waals surface area contributed by atoms with Gasteiger partial charge in [-0.25, -0.2) is 0 Å². The van der Waals surface area contributed by atoms with Gasteiger partial charge in [-0.05, 0) is 29.8 Å². The summed E-state index contributed by atoms with van der Waals surface area (Å²) in [6.07, 6.45) is 0. The van der Waals surface area contributed by atoms with Gasteiger partial charge in [0.2, 0.25) is 0 Å². The SMILES string of the molecule is C=C(CN=C(c1ccccc1)c1ccccc1)COc1ccc(OC)cc1. The monoisotopic (exact) mass is 357 g/mol. The number of aliphatic imine (C=N–C) groups is 1. The Bertz CT molecular complexity index is 843. The minimum Gasteiger partial charge on any atom is -0.497 e. The molecule has 0 radical (unpaired) electrons. The zero-order valence-electron chi connectivity index (χ0n) is 15.5. The fraction of sp³-hybridized carbons (Fsp3) is 0.125. The topological polar surface area (TPSA) is 30.8 Å². The average molecular weight is 357 g/mol. The van der Waals surface area contributed by atoms with Crippen LogP contribution in [0.5, 0.6) is 11.5 Å². The van der Waals surface area contributed by atoms with Crippen molar-refractivity contribution in [3.05, 3.63) is 108 Å². The van der Waals surface area contributed by atoms with Crippen molar-refractivity contribution in [3.8, 4) is 11.5 Å². The van der Waals surface area contributed by atoms with E-state index in [1.165, 1.54) is 0 Å². The van der Waals surface area contributed by atoms with Crippen molar-refractivity contribution in [2.75, 3.05) is 20.3 Å². The number of ether oxygens (including phenoxy) is 2. The van der Waals surface area contributed by atoms with Gasteiger partial charge in [-0.15, -0.1) is 0 Å². The molecule has 0 heterocycles. The predicted octanol–water partition coefficient (Wildman–Crippen LogP) is 5.17. The van der Waals surface area contributed by atoms with E-state index in [0.29, 0.717) is 13.2 Å². The van der Waals surface area contributed by atoms with Gasteiger partial charge in [0.25, 0.3) is 0 Å². The molecule has 0 aliphatic carbocycles. The highest BCUT2D eigenvalue weighted by Crippen LogP contribution is 2.17. The van der Waals surface area contributed by atoms with Gasteiger partial charge >= 0.3 is 0 Å². The zero-order chi connectivity index (χ0) is 18.9. The molecule has 0 unspecified atom stereocenters. The molecule has 27 heavy (non-hydrogen) atoms. The summed E-state index contributed by atoms with van der Waals surface area (Å²) in [5.74, 6) is 1.59. The molecule has 0 spiro atoms. The smallest absolute Gasteiger partial charge is 0.120 e. The van der Waals surface area contributed by atoms with Crippen LogP contribution in [0.1, 0.15) is 11.1 Å². The summed E-state index contributed by atoms with van der Waals surface area (Å²) in [6.45, 7) is 5.04. The first kappa shape index (κ1) is 18.5. The van der Waals surface area contributed by atoms with Crippen LogP contribution >= 0.6 is 0 Å². The van der Waals surface area contributed by atoms with Crippen LogP contribution in [0.3, 0.4) is 0 Å². The van der Waals surface area contributed by atoms with E-state index in [0.717, 1.165) is 33.9 Å². The Morgan fingerprint density at radius 2 is 1.30 bits per heavy atom. The summed E-state index contributed by atoms with van der Waals surface area (Å²) in [5, 5.41) is 0. The van der Waals surface area contributed by atoms with E-state index in [1.54, 1.807) is 7.11 Å². The Kier molecular flexibility index (Phi) is 6.42. The quantitative estimate of drug-likeness (QED) is 0.411. The molecule has 0 amide bonds. The molecule has 136 valence electrons. The highest BCUT2D eigenvalue weighted by molar-refractivity contribution is 6.12. The second-order valence-electron chi connectivity index (χ2n) is 6.11. The maximum atomic E-state index is 5.79. The van der Waals surface area contributed by atoms with E-state index in [1.807, 2.05) is 60.7 Å². The lowest BCUT2D eigenvalue weighted by Gasteiger charge is -2.10. The molecule has 0 saturated carbocycles. The van der Waals surface area contributed by atoms with E-state index < -0.39 is 0 Å². The molecular formula is C24H23NO2. The molecule has 0 aromatic heterocycles. The van der Waals surface area contributed by atoms with Crippen LogP contribution in [-0.2, 0) is 0 Å². The Morgan fingerprint density at radius 1 is 0.778 bits per heavy atom. The molecule has 3 rings (SSSR count). The highest BCUT2D eigenvalue weighted by Gasteiger charge is 2.06. The second kappa shape index (κ2) is 9.39. The molecule has 0 atom stereocenters. The standard InChI is InChI=1S/C24H23NO2/c1-19(18-27-23-15-13-22(26-2)14-16-23)17-25-24(20-9-5-3-6-10-20)21-11-7-4-8-12-21/h3-16H,1,17-18H2,2H3. The largest absolute Gasteiger partial charge is 0.497 e. The van der Waals surface area contributed by atoms with Gasteiger partial charge in [0, 0.05) is 11.1 Å². The number of hydrogen-bond acceptors (Lipinski definition) is 3. The fourth-order valence-corrected chi connectivity index (χ4v) is 2.64. The first-order valence-corrected chi connectivity index (χ1v) is 8.85. The van der Waals surface area contributed by atoms with Crippen molar-refractivity contribution in [1.82, 2.24) is 0 Å². The van der Waals surface area contributed by atoms with E-state index in [4.69, 9.17) is 14.5 Å². The molecule has 0 saturated heterocycles. The molecule has 0 N–H and O–H groups in total. The van der Waals surface area contributed by atoms with Crippen molar-refractivity contribution >= 4 is 5.71 Å². The van der Waals surface area contributed by atoms with Crippen LogP contribution in [0.4, 0.5) is 0 Å². The summed E-state index contributed by atoms with van der Waals surface area (Å²) in [6, 6.07) is 27.9. The molecule has 3 nitrogen and oxygen atoms in total. The van der Waals surface area contributed by atoms with Gasteiger partial charge in [0.1, 0.15) is 18.1 Å². The lowest BCUT2D eigenvalue weighted by atomic mass is 10.0. The fourth-order valence-electron chi connectivity index (χ4n) is 2.64. The Hall–Kier alpha value is -3.33. The van der Waals surface area contributed by atoms with Gasteiger partial charge in [-0.2, -0.15) is 0 Å². The number of methoxy groups -OCH3 is 1. The predicted molar refractivity (Wildman–Crippen MR) is 111 cm³/mol. The van der Waals surface area contributed by atoms with Crippen LogP contribution in [-0.4, -0.2) is 26.0 Å². The van der Waals surface area contributed by atoms with E-state index in [9.17, 15) is 0 Å². The van der Waals surface area contributed by atoms with Crippen LogP contribution in [0, 0.1) is 0 Å². The third-order valence-electron chi connectivity index (χ3n) is 4.06. The third-order valence-corrected chi connectivity index (χ3v) is 4.06. The summed E-state index contributed by atoms with van der Waals surface area (Å²) >= 11 is 0. The van der Waals surface area contributed by atoms with Crippen LogP contribution in [0.15, 0.2) is 102 Å². The molecular weight excluding hydrogens is 334 g/mol. The minimum absolute atomic E-state index is 0.423. The number of nitrogens with zero attached hydrogens (tertiary/aromatic N) is 1. The first-order valence-electron chi connectivity index (χ1n) is 8.85. The number of rotatable bonds is 8. The van der Waals surface area contributed by atoms with Crippen LogP contribution in [0.25, 0.3) is 0 Å². The Labute approximate surface area is 160 Å². The molecule has 3 heteroatoms. The van der Waals surface area contributed by atoms with E-state index in [2.05, 4.69) is 30.8 Å². The lowest BCUT2D eigenvalue weighted by Crippen LogP contribution is -2.08. The zero-order valence-corrected chi connectivity index (χ0v) is 15.5. The summed E-state index contributed by atoms with van der Waals surface area (Å²) < 4.78 is 10.9. The number of benzene rings is 3. The van der Waals surface area contributed by atoms with E-state index >= 15 is 0 Å². The molecule has 3 aromatic carbocycles. The number of hydrogen-bond donors (Lipinski definition) is 0. The molecule has 0 aliphatic heterocycles. The summed E-state index contributed by atoms with van der Waals surface area (Å²) in [4.78, 5) is 4.82. The summed E-state index contributed by atoms with van der Waals surface area (Å²) in [5.41, 5.74) is 4.05. The normalized spacial score (nSPS) is 10.1. The van der Waals surface area contributed by atoms with E-state index in [-0.39, 0.29) is 0 Å². The van der Waals surface area contributed by atoms with Crippen molar-refractivity contribution < 1.29 is 9.47 Å². The molecule has 3 aromatic rings. The van der Waals surface area contributed by atoms with Crippen molar-refractivity contribution in [2.45, 2.75) is 0 Å². The van der Waals surface area contributed by atoms with Crippen molar-refractivity contribution in [2.24, 2.45) is 4.99 Å². The molecule has 0 fully saturated rings. The Balaban J connectivity index is 1.67. The van der Waals surface area contributed by atoms with Gasteiger partial charge < -0.3 is 9.47 Å². The van der Waals surface area contributed by atoms with Crippen LogP contribution < -0.4 is 9.47 Å². The third kappa shape index (κ3) is 5.32. The molecule has 0 aliphatic rings. The van der Waals surface area contributed by atoms with Crippen molar-refractivity contribution in [3.63, 3.8) is 0 Å². The van der Waals surface area contributed by atoms with Crippen LogP contribution in [0.2, 0.25) is 0 Å². The highest BCUT2D eigenvalue weighted by atomic mass is 16.5.